The summed E-state index contributed by atoms with van der Waals surface area (Å²) in [5.74, 6) is 0.822. The number of nitrogens with one attached hydrogen (secondary N) is 1. The van der Waals surface area contributed by atoms with Gasteiger partial charge in [-0.1, -0.05) is 12.1 Å². The lowest BCUT2D eigenvalue weighted by Crippen LogP contribution is -2.48. The van der Waals surface area contributed by atoms with E-state index >= 15 is 0 Å². The Labute approximate surface area is 101 Å². The summed E-state index contributed by atoms with van der Waals surface area (Å²) in [4.78, 5) is 13.3. The van der Waals surface area contributed by atoms with Gasteiger partial charge in [-0.25, -0.2) is 0 Å². The number of carbonyl (C=O) groups is 1. The van der Waals surface area contributed by atoms with E-state index in [4.69, 9.17) is 4.74 Å². The highest BCUT2D eigenvalue weighted by atomic mass is 16.5. The quantitative estimate of drug-likeness (QED) is 0.777. The molecule has 0 aromatic heterocycles. The Morgan fingerprint density at radius 2 is 2.06 bits per heavy atom. The maximum Gasteiger partial charge on any atom is 0.229 e. The number of aldehydes is 1. The van der Waals surface area contributed by atoms with Gasteiger partial charge in [0.2, 0.25) is 6.23 Å². The third-order valence-corrected chi connectivity index (χ3v) is 3.48. The number of carbonyl (C=O) groups excluding carboxylic acids is 1. The van der Waals surface area contributed by atoms with Crippen molar-refractivity contribution < 1.29 is 9.53 Å². The van der Waals surface area contributed by atoms with Crippen molar-refractivity contribution in [1.29, 1.82) is 0 Å². The molecule has 3 rings (SSSR count). The molecule has 0 saturated carbocycles. The number of piperidine rings is 1. The van der Waals surface area contributed by atoms with Crippen LogP contribution >= 0.6 is 0 Å². The maximum atomic E-state index is 11.1. The molecule has 0 bridgehead atoms. The average molecular weight is 232 g/mol. The van der Waals surface area contributed by atoms with Gasteiger partial charge in [0.25, 0.3) is 0 Å². The summed E-state index contributed by atoms with van der Waals surface area (Å²) >= 11 is 0. The first-order chi connectivity index (χ1) is 8.40. The summed E-state index contributed by atoms with van der Waals surface area (Å²) in [6.45, 7) is 2.02. The summed E-state index contributed by atoms with van der Waals surface area (Å²) in [5, 5.41) is 3.34. The summed E-state index contributed by atoms with van der Waals surface area (Å²) < 4.78 is 5.66. The van der Waals surface area contributed by atoms with E-state index in [1.165, 1.54) is 0 Å². The van der Waals surface area contributed by atoms with Crippen LogP contribution in [0.2, 0.25) is 0 Å². The summed E-state index contributed by atoms with van der Waals surface area (Å²) in [7, 11) is 0. The molecule has 0 radical (unpaired) electrons. The van der Waals surface area contributed by atoms with Crippen molar-refractivity contribution >= 4 is 12.0 Å². The number of hydrogen-bond acceptors (Lipinski definition) is 4. The fourth-order valence-electron chi connectivity index (χ4n) is 2.68. The number of fused-ring (bicyclic) bond motifs is 1. The molecule has 1 saturated heterocycles. The Balaban J connectivity index is 1.92. The minimum atomic E-state index is -0.449. The predicted molar refractivity (Wildman–Crippen MR) is 65.3 cm³/mol. The number of para-hydroxylation sites is 2. The minimum Gasteiger partial charge on any atom is -0.461 e. The zero-order valence-electron chi connectivity index (χ0n) is 9.63. The van der Waals surface area contributed by atoms with Crippen LogP contribution in [0.3, 0.4) is 0 Å². The van der Waals surface area contributed by atoms with Gasteiger partial charge < -0.3 is 15.0 Å². The van der Waals surface area contributed by atoms with Crippen LogP contribution in [0.1, 0.15) is 12.8 Å². The Morgan fingerprint density at radius 1 is 1.29 bits per heavy atom. The van der Waals surface area contributed by atoms with Gasteiger partial charge in [-0.2, -0.15) is 0 Å². The highest BCUT2D eigenvalue weighted by molar-refractivity contribution is 5.73. The van der Waals surface area contributed by atoms with Gasteiger partial charge in [0.1, 0.15) is 5.75 Å². The van der Waals surface area contributed by atoms with Crippen molar-refractivity contribution in [1.82, 2.24) is 5.32 Å². The van der Waals surface area contributed by atoms with Gasteiger partial charge in [-0.15, -0.1) is 0 Å². The third-order valence-electron chi connectivity index (χ3n) is 3.48. The van der Waals surface area contributed by atoms with Crippen molar-refractivity contribution in [3.8, 4) is 5.75 Å². The first-order valence-electron chi connectivity index (χ1n) is 6.10. The van der Waals surface area contributed by atoms with Crippen molar-refractivity contribution in [3.63, 3.8) is 0 Å². The Hall–Kier alpha value is -1.55. The van der Waals surface area contributed by atoms with Crippen molar-refractivity contribution in [2.24, 2.45) is 0 Å². The monoisotopic (exact) mass is 232 g/mol. The van der Waals surface area contributed by atoms with Crippen LogP contribution in [0.4, 0.5) is 5.69 Å². The van der Waals surface area contributed by atoms with Gasteiger partial charge in [-0.3, -0.25) is 4.79 Å². The molecule has 1 aromatic carbocycles. The second-order valence-electron chi connectivity index (χ2n) is 4.50. The molecule has 1 N–H and O–H groups in total. The topological polar surface area (TPSA) is 41.6 Å². The number of ether oxygens (including phenoxy) is 1. The summed E-state index contributed by atoms with van der Waals surface area (Å²) in [6.07, 6.45) is 2.56. The van der Waals surface area contributed by atoms with Crippen LogP contribution in [-0.2, 0) is 4.79 Å². The lowest BCUT2D eigenvalue weighted by Gasteiger charge is -2.34. The van der Waals surface area contributed by atoms with Gasteiger partial charge in [0, 0.05) is 6.04 Å². The van der Waals surface area contributed by atoms with Gasteiger partial charge in [-0.05, 0) is 38.1 Å². The van der Waals surface area contributed by atoms with Crippen molar-refractivity contribution in [2.45, 2.75) is 25.1 Å². The highest BCUT2D eigenvalue weighted by Gasteiger charge is 2.35. The molecule has 0 spiro atoms. The molecule has 2 aliphatic heterocycles. The normalized spacial score (nSPS) is 24.2. The molecule has 1 fully saturated rings. The van der Waals surface area contributed by atoms with Crippen LogP contribution in [-0.4, -0.2) is 31.6 Å². The van der Waals surface area contributed by atoms with Crippen LogP contribution in [0.5, 0.6) is 5.75 Å². The number of rotatable bonds is 2. The smallest absolute Gasteiger partial charge is 0.229 e. The average Bonchev–Trinajstić information content (AvgIpc) is 2.78. The van der Waals surface area contributed by atoms with E-state index in [9.17, 15) is 4.79 Å². The number of hydrogen-bond donors (Lipinski definition) is 1. The lowest BCUT2D eigenvalue weighted by atomic mass is 10.0. The molecule has 4 heteroatoms. The number of benzene rings is 1. The van der Waals surface area contributed by atoms with Gasteiger partial charge in [0.15, 0.2) is 6.29 Å². The fraction of sp³-hybridized carbons (Fsp3) is 0.462. The second-order valence-corrected chi connectivity index (χ2v) is 4.50. The zero-order chi connectivity index (χ0) is 11.7. The molecule has 2 heterocycles. The Kier molecular flexibility index (Phi) is 2.73. The van der Waals surface area contributed by atoms with E-state index < -0.39 is 6.23 Å². The Bertz CT molecular complexity index is 416. The second kappa shape index (κ2) is 4.37. The summed E-state index contributed by atoms with van der Waals surface area (Å²) in [6, 6.07) is 8.28. The van der Waals surface area contributed by atoms with E-state index in [0.717, 1.165) is 43.7 Å². The zero-order valence-corrected chi connectivity index (χ0v) is 9.63. The molecule has 0 aliphatic carbocycles. The maximum absolute atomic E-state index is 11.1. The van der Waals surface area contributed by atoms with E-state index in [0.29, 0.717) is 6.04 Å². The molecule has 17 heavy (non-hydrogen) atoms. The molecule has 90 valence electrons. The summed E-state index contributed by atoms with van der Waals surface area (Å²) in [5.41, 5.74) is 1.05. The molecule has 1 atom stereocenters. The SMILES string of the molecule is O=CC1Oc2ccccc2N1C1CCNCC1. The van der Waals surface area contributed by atoms with Crippen LogP contribution in [0.15, 0.2) is 24.3 Å². The Morgan fingerprint density at radius 3 is 2.82 bits per heavy atom. The standard InChI is InChI=1S/C13H16N2O2/c16-9-13-15(10-5-7-14-8-6-10)11-3-1-2-4-12(11)17-13/h1-4,9-10,13-14H,5-8H2. The van der Waals surface area contributed by atoms with E-state index in [1.807, 2.05) is 24.3 Å². The third kappa shape index (κ3) is 1.78. The number of anilines is 1. The first kappa shape index (κ1) is 10.6. The van der Waals surface area contributed by atoms with Crippen LogP contribution in [0.25, 0.3) is 0 Å². The minimum absolute atomic E-state index is 0.398. The fourth-order valence-corrected chi connectivity index (χ4v) is 2.68. The first-order valence-corrected chi connectivity index (χ1v) is 6.10. The van der Waals surface area contributed by atoms with Gasteiger partial charge >= 0.3 is 0 Å². The lowest BCUT2D eigenvalue weighted by molar-refractivity contribution is -0.113. The molecular formula is C13H16N2O2. The van der Waals surface area contributed by atoms with Crippen molar-refractivity contribution in [3.05, 3.63) is 24.3 Å². The van der Waals surface area contributed by atoms with E-state index in [1.54, 1.807) is 0 Å². The predicted octanol–water partition coefficient (Wildman–Crippen LogP) is 1.16. The molecule has 2 aliphatic rings. The molecule has 1 aromatic rings. The van der Waals surface area contributed by atoms with E-state index in [-0.39, 0.29) is 0 Å². The molecule has 4 nitrogen and oxygen atoms in total. The molecule has 1 unspecified atom stereocenters. The van der Waals surface area contributed by atoms with Crippen LogP contribution in [0, 0.1) is 0 Å². The largest absolute Gasteiger partial charge is 0.461 e. The number of nitrogens with zero attached hydrogens (tertiary/aromatic N) is 1. The molecule has 0 amide bonds. The van der Waals surface area contributed by atoms with Gasteiger partial charge in [0.05, 0.1) is 5.69 Å². The van der Waals surface area contributed by atoms with Crippen LogP contribution < -0.4 is 15.0 Å². The van der Waals surface area contributed by atoms with Crippen molar-refractivity contribution in [2.75, 3.05) is 18.0 Å². The van der Waals surface area contributed by atoms with E-state index in [2.05, 4.69) is 10.2 Å². The molecular weight excluding hydrogens is 216 g/mol. The highest BCUT2D eigenvalue weighted by Crippen LogP contribution is 2.38.